The quantitative estimate of drug-likeness (QED) is 0.254. The molecule has 30 heavy (non-hydrogen) atoms. The molecule has 164 valence electrons. The highest BCUT2D eigenvalue weighted by Crippen LogP contribution is 2.33. The predicted molar refractivity (Wildman–Crippen MR) is 136 cm³/mol. The van der Waals surface area contributed by atoms with Crippen LogP contribution in [0.1, 0.15) is 38.9 Å². The van der Waals surface area contributed by atoms with Crippen LogP contribution in [0.2, 0.25) is 37.3 Å². The molecule has 0 N–H and O–H groups in total. The Kier molecular flexibility index (Phi) is 9.59. The molecule has 1 atom stereocenters. The van der Waals surface area contributed by atoms with E-state index in [0.29, 0.717) is 0 Å². The average Bonchev–Trinajstić information content (AvgIpc) is 2.80. The van der Waals surface area contributed by atoms with Crippen molar-refractivity contribution in [2.45, 2.75) is 70.6 Å². The maximum atomic E-state index is 6.92. The summed E-state index contributed by atoms with van der Waals surface area (Å²) in [6.45, 7) is 11.8. The fourth-order valence-corrected chi connectivity index (χ4v) is 8.90. The van der Waals surface area contributed by atoms with Gasteiger partial charge in [-0.25, -0.2) is 0 Å². The largest absolute Gasteiger partial charge is 0.497 e. The second-order valence-electron chi connectivity index (χ2n) is 8.78. The van der Waals surface area contributed by atoms with E-state index >= 15 is 0 Å². The molecule has 2 rings (SSSR count). The van der Waals surface area contributed by atoms with Crippen molar-refractivity contribution in [3.8, 4) is 5.75 Å². The van der Waals surface area contributed by atoms with E-state index in [-0.39, 0.29) is 6.10 Å². The summed E-state index contributed by atoms with van der Waals surface area (Å²) in [5, 5.41) is 1.52. The van der Waals surface area contributed by atoms with Crippen molar-refractivity contribution in [2.75, 3.05) is 7.11 Å². The summed E-state index contributed by atoms with van der Waals surface area (Å²) in [6.07, 6.45) is 5.80. The molecule has 0 unspecified atom stereocenters. The Morgan fingerprint density at radius 1 is 0.833 bits per heavy atom. The molecule has 0 aliphatic rings. The van der Waals surface area contributed by atoms with E-state index in [4.69, 9.17) is 9.16 Å². The predicted octanol–water partition coefficient (Wildman–Crippen LogP) is 7.32. The van der Waals surface area contributed by atoms with Crippen molar-refractivity contribution in [3.63, 3.8) is 0 Å². The summed E-state index contributed by atoms with van der Waals surface area (Å²) in [7, 11) is -1.42. The van der Waals surface area contributed by atoms with Gasteiger partial charge in [-0.2, -0.15) is 0 Å². The summed E-state index contributed by atoms with van der Waals surface area (Å²) in [6, 6.07) is 24.1. The third-order valence-corrected chi connectivity index (χ3v) is 14.3. The van der Waals surface area contributed by atoms with Gasteiger partial charge in [0.05, 0.1) is 21.3 Å². The fourth-order valence-electron chi connectivity index (χ4n) is 3.98. The van der Waals surface area contributed by atoms with Gasteiger partial charge in [0.15, 0.2) is 8.32 Å². The van der Waals surface area contributed by atoms with Gasteiger partial charge in [-0.3, -0.25) is 0 Å². The van der Waals surface area contributed by atoms with Crippen molar-refractivity contribution in [1.29, 1.82) is 0 Å². The topological polar surface area (TPSA) is 18.5 Å². The summed E-state index contributed by atoms with van der Waals surface area (Å²) in [5.74, 6) is 0.897. The lowest BCUT2D eigenvalue weighted by atomic mass is 10.1. The fraction of sp³-hybridized carbons (Fsp3) is 0.462. The first kappa shape index (κ1) is 24.6. The summed E-state index contributed by atoms with van der Waals surface area (Å²) in [5.41, 5.74) is 1.26. The third kappa shape index (κ3) is 6.69. The zero-order chi connectivity index (χ0) is 22.0. The van der Waals surface area contributed by atoms with E-state index in [1.807, 2.05) is 12.1 Å². The normalized spacial score (nSPS) is 13.5. The molecule has 0 radical (unpaired) electrons. The lowest BCUT2D eigenvalue weighted by molar-refractivity contribution is 0.193. The monoisotopic (exact) mass is 440 g/mol. The lowest BCUT2D eigenvalue weighted by Crippen LogP contribution is -2.40. The molecule has 0 fully saturated rings. The van der Waals surface area contributed by atoms with Gasteiger partial charge < -0.3 is 9.16 Å². The van der Waals surface area contributed by atoms with Crippen molar-refractivity contribution < 1.29 is 9.16 Å². The molecule has 0 aliphatic carbocycles. The Labute approximate surface area is 186 Å². The highest BCUT2D eigenvalue weighted by Gasteiger charge is 2.32. The molecule has 0 saturated heterocycles. The standard InChI is InChI=1S/C26H40O2Si2/c1-7-30(8-2,9-3)28-26(23-18-20-24(27-4)21-19-23)17-13-14-22-29(5,6)25-15-11-10-12-16-25/h10-16,18-21,26H,7-9,17,22H2,1-6H3/b14-13-/t26-/m0/s1. The Balaban J connectivity index is 2.14. The number of hydrogen-bond acceptors (Lipinski definition) is 2. The van der Waals surface area contributed by atoms with Crippen LogP contribution < -0.4 is 9.92 Å². The van der Waals surface area contributed by atoms with Crippen LogP contribution in [0, 0.1) is 0 Å². The maximum Gasteiger partial charge on any atom is 0.192 e. The molecule has 2 aromatic carbocycles. The van der Waals surface area contributed by atoms with Gasteiger partial charge in [0, 0.05) is 0 Å². The zero-order valence-electron chi connectivity index (χ0n) is 19.8. The molecule has 0 saturated carbocycles. The molecule has 0 spiro atoms. The van der Waals surface area contributed by atoms with E-state index in [0.717, 1.165) is 18.2 Å². The minimum absolute atomic E-state index is 0.125. The zero-order valence-corrected chi connectivity index (χ0v) is 21.8. The SMILES string of the molecule is CC[Si](CC)(CC)O[C@@H](C/C=C\C[Si](C)(C)c1ccccc1)c1ccc(OC)cc1. The van der Waals surface area contributed by atoms with Crippen LogP contribution in [0.15, 0.2) is 66.7 Å². The molecule has 0 bridgehead atoms. The van der Waals surface area contributed by atoms with Crippen LogP contribution in [0.25, 0.3) is 0 Å². The van der Waals surface area contributed by atoms with Crippen molar-refractivity contribution >= 4 is 21.6 Å². The molecule has 4 heteroatoms. The van der Waals surface area contributed by atoms with E-state index in [1.165, 1.54) is 28.9 Å². The van der Waals surface area contributed by atoms with Gasteiger partial charge in [-0.1, -0.05) is 93.7 Å². The third-order valence-electron chi connectivity index (χ3n) is 6.51. The van der Waals surface area contributed by atoms with Gasteiger partial charge in [0.25, 0.3) is 0 Å². The number of methoxy groups -OCH3 is 1. The number of ether oxygens (including phenoxy) is 1. The second-order valence-corrected chi connectivity index (χ2v) is 18.3. The minimum Gasteiger partial charge on any atom is -0.497 e. The van der Waals surface area contributed by atoms with Gasteiger partial charge in [0.2, 0.25) is 0 Å². The smallest absolute Gasteiger partial charge is 0.192 e. The molecular weight excluding hydrogens is 400 g/mol. The van der Waals surface area contributed by atoms with Crippen molar-refractivity contribution in [2.24, 2.45) is 0 Å². The van der Waals surface area contributed by atoms with Crippen LogP contribution in [0.4, 0.5) is 0 Å². The highest BCUT2D eigenvalue weighted by molar-refractivity contribution is 6.90. The molecule has 0 aliphatic heterocycles. The van der Waals surface area contributed by atoms with E-state index < -0.39 is 16.4 Å². The van der Waals surface area contributed by atoms with Crippen LogP contribution in [-0.4, -0.2) is 23.5 Å². The van der Waals surface area contributed by atoms with E-state index in [2.05, 4.69) is 88.5 Å². The number of rotatable bonds is 12. The van der Waals surface area contributed by atoms with Crippen molar-refractivity contribution in [3.05, 3.63) is 72.3 Å². The molecule has 2 aromatic rings. The molecule has 2 nitrogen and oxygen atoms in total. The summed E-state index contributed by atoms with van der Waals surface area (Å²) in [4.78, 5) is 0. The maximum absolute atomic E-state index is 6.92. The summed E-state index contributed by atoms with van der Waals surface area (Å²) < 4.78 is 12.3. The van der Waals surface area contributed by atoms with Crippen LogP contribution in [-0.2, 0) is 4.43 Å². The average molecular weight is 441 g/mol. The Morgan fingerprint density at radius 2 is 1.43 bits per heavy atom. The lowest BCUT2D eigenvalue weighted by Gasteiger charge is -2.33. The minimum atomic E-state index is -1.69. The molecule has 0 heterocycles. The Bertz CT molecular complexity index is 757. The summed E-state index contributed by atoms with van der Waals surface area (Å²) >= 11 is 0. The second kappa shape index (κ2) is 11.7. The molecule has 0 aromatic heterocycles. The first-order chi connectivity index (χ1) is 14.4. The van der Waals surface area contributed by atoms with E-state index in [9.17, 15) is 0 Å². The first-order valence-corrected chi connectivity index (χ1v) is 17.2. The Hall–Kier alpha value is -1.63. The van der Waals surface area contributed by atoms with Gasteiger partial charge in [-0.05, 0) is 48.3 Å². The van der Waals surface area contributed by atoms with Crippen LogP contribution in [0.5, 0.6) is 5.75 Å². The first-order valence-electron chi connectivity index (χ1n) is 11.4. The van der Waals surface area contributed by atoms with Gasteiger partial charge in [0.1, 0.15) is 5.75 Å². The van der Waals surface area contributed by atoms with Crippen molar-refractivity contribution in [1.82, 2.24) is 0 Å². The van der Waals surface area contributed by atoms with Crippen LogP contribution >= 0.6 is 0 Å². The number of allylic oxidation sites excluding steroid dienone is 1. The van der Waals surface area contributed by atoms with Gasteiger partial charge in [-0.15, -0.1) is 0 Å². The van der Waals surface area contributed by atoms with E-state index in [1.54, 1.807) is 7.11 Å². The van der Waals surface area contributed by atoms with Gasteiger partial charge >= 0.3 is 0 Å². The van der Waals surface area contributed by atoms with Crippen LogP contribution in [0.3, 0.4) is 0 Å². The highest BCUT2D eigenvalue weighted by atomic mass is 28.4. The molecular formula is C26H40O2Si2. The number of hydrogen-bond donors (Lipinski definition) is 0. The number of benzene rings is 2. The Morgan fingerprint density at radius 3 is 1.97 bits per heavy atom. The molecule has 0 amide bonds.